The minimum absolute atomic E-state index is 0.413. The van der Waals surface area contributed by atoms with Crippen LogP contribution in [0.25, 0.3) is 0 Å². The molecular formula is C8H5BrN2O3. The van der Waals surface area contributed by atoms with Crippen LogP contribution in [0.5, 0.6) is 0 Å². The van der Waals surface area contributed by atoms with Crippen LogP contribution >= 0.6 is 15.9 Å². The third kappa shape index (κ3) is 2.44. The molecule has 5 nitrogen and oxygen atoms in total. The number of hydrogen-bond donors (Lipinski definition) is 1. The molecule has 0 aliphatic heterocycles. The average molecular weight is 257 g/mol. The normalized spacial score (nSPS) is 8.93. The Kier molecular flexibility index (Phi) is 3.42. The Labute approximate surface area is 87.4 Å². The van der Waals surface area contributed by atoms with Crippen LogP contribution in [0.2, 0.25) is 0 Å². The summed E-state index contributed by atoms with van der Waals surface area (Å²) in [5.41, 5.74) is -0.804. The lowest BCUT2D eigenvalue weighted by molar-refractivity contribution is -0.386. The summed E-state index contributed by atoms with van der Waals surface area (Å²) in [4.78, 5) is 22.8. The SMILES string of the molecule is O=c1[nH]cc(C#CCBr)cc1[N+](=O)[O-]. The van der Waals surface area contributed by atoms with Crippen LogP contribution in [-0.4, -0.2) is 15.2 Å². The Bertz CT molecular complexity index is 469. The summed E-state index contributed by atoms with van der Waals surface area (Å²) in [6.45, 7) is 0. The van der Waals surface area contributed by atoms with Gasteiger partial charge >= 0.3 is 11.2 Å². The van der Waals surface area contributed by atoms with Crippen LogP contribution in [0.3, 0.4) is 0 Å². The lowest BCUT2D eigenvalue weighted by atomic mass is 10.2. The molecule has 0 radical (unpaired) electrons. The predicted molar refractivity (Wildman–Crippen MR) is 54.4 cm³/mol. The summed E-state index contributed by atoms with van der Waals surface area (Å²) >= 11 is 3.09. The zero-order chi connectivity index (χ0) is 10.6. The maximum Gasteiger partial charge on any atom is 0.335 e. The largest absolute Gasteiger partial charge is 0.335 e. The quantitative estimate of drug-likeness (QED) is 0.353. The van der Waals surface area contributed by atoms with Crippen LogP contribution in [0.15, 0.2) is 17.1 Å². The van der Waals surface area contributed by atoms with Crippen LogP contribution < -0.4 is 5.56 Å². The van der Waals surface area contributed by atoms with E-state index in [0.717, 1.165) is 6.07 Å². The number of nitro groups is 1. The number of aromatic nitrogens is 1. The van der Waals surface area contributed by atoms with Crippen LogP contribution in [0.4, 0.5) is 5.69 Å². The summed E-state index contributed by atoms with van der Waals surface area (Å²) in [6, 6.07) is 1.15. The van der Waals surface area contributed by atoms with Gasteiger partial charge in [-0.15, -0.1) is 0 Å². The fourth-order valence-corrected chi connectivity index (χ4v) is 0.955. The third-order valence-corrected chi connectivity index (χ3v) is 1.66. The molecule has 1 aromatic heterocycles. The van der Waals surface area contributed by atoms with Crippen molar-refractivity contribution in [2.24, 2.45) is 0 Å². The molecule has 0 aliphatic carbocycles. The molecule has 1 heterocycles. The van der Waals surface area contributed by atoms with Crippen molar-refractivity contribution < 1.29 is 4.92 Å². The van der Waals surface area contributed by atoms with E-state index in [1.54, 1.807) is 0 Å². The molecule has 14 heavy (non-hydrogen) atoms. The van der Waals surface area contributed by atoms with E-state index >= 15 is 0 Å². The van der Waals surface area contributed by atoms with Gasteiger partial charge in [0.15, 0.2) is 0 Å². The topological polar surface area (TPSA) is 76.0 Å². The number of alkyl halides is 1. The number of nitrogens with one attached hydrogen (secondary N) is 1. The van der Waals surface area contributed by atoms with Crippen LogP contribution in [0.1, 0.15) is 5.56 Å². The first-order chi connectivity index (χ1) is 6.65. The molecule has 0 fully saturated rings. The van der Waals surface area contributed by atoms with Gasteiger partial charge in [-0.1, -0.05) is 27.8 Å². The van der Waals surface area contributed by atoms with Crippen molar-refractivity contribution in [2.45, 2.75) is 0 Å². The van der Waals surface area contributed by atoms with Crippen molar-refractivity contribution in [2.75, 3.05) is 5.33 Å². The van der Waals surface area contributed by atoms with Gasteiger partial charge in [0, 0.05) is 17.8 Å². The van der Waals surface area contributed by atoms with Gasteiger partial charge in [-0.25, -0.2) is 0 Å². The van der Waals surface area contributed by atoms with E-state index in [4.69, 9.17) is 0 Å². The van der Waals surface area contributed by atoms with Gasteiger partial charge < -0.3 is 4.98 Å². The highest BCUT2D eigenvalue weighted by atomic mass is 79.9. The van der Waals surface area contributed by atoms with Gasteiger partial charge in [-0.2, -0.15) is 0 Å². The number of hydrogen-bond acceptors (Lipinski definition) is 3. The van der Waals surface area contributed by atoms with E-state index < -0.39 is 16.2 Å². The molecule has 1 N–H and O–H groups in total. The standard InChI is InChI=1S/C8H5BrN2O3/c9-3-1-2-6-4-7(11(13)14)8(12)10-5-6/h4-5H,3H2,(H,10,12). The summed E-state index contributed by atoms with van der Waals surface area (Å²) in [6.07, 6.45) is 1.34. The molecule has 1 aromatic rings. The molecule has 0 atom stereocenters. The Morgan fingerprint density at radius 3 is 2.93 bits per heavy atom. The molecule has 0 saturated carbocycles. The highest BCUT2D eigenvalue weighted by molar-refractivity contribution is 9.09. The lowest BCUT2D eigenvalue weighted by Crippen LogP contribution is -2.10. The van der Waals surface area contributed by atoms with E-state index in [-0.39, 0.29) is 0 Å². The maximum atomic E-state index is 10.9. The van der Waals surface area contributed by atoms with Gasteiger partial charge in [0.1, 0.15) is 0 Å². The zero-order valence-electron chi connectivity index (χ0n) is 6.91. The smallest absolute Gasteiger partial charge is 0.322 e. The minimum atomic E-state index is -0.738. The minimum Gasteiger partial charge on any atom is -0.322 e. The van der Waals surface area contributed by atoms with Crippen molar-refractivity contribution in [3.05, 3.63) is 38.3 Å². The molecule has 0 spiro atoms. The summed E-state index contributed by atoms with van der Waals surface area (Å²) < 4.78 is 0. The van der Waals surface area contributed by atoms with E-state index in [1.807, 2.05) is 0 Å². The van der Waals surface area contributed by atoms with Crippen LogP contribution in [0, 0.1) is 22.0 Å². The van der Waals surface area contributed by atoms with Gasteiger partial charge in [0.05, 0.1) is 10.3 Å². The van der Waals surface area contributed by atoms with Crippen molar-refractivity contribution in [3.63, 3.8) is 0 Å². The third-order valence-electron chi connectivity index (χ3n) is 1.38. The molecular weight excluding hydrogens is 252 g/mol. The number of nitrogens with zero attached hydrogens (tertiary/aromatic N) is 1. The Morgan fingerprint density at radius 1 is 1.64 bits per heavy atom. The summed E-state index contributed by atoms with van der Waals surface area (Å²) in [5, 5.41) is 10.8. The molecule has 1 rings (SSSR count). The molecule has 72 valence electrons. The number of halogens is 1. The maximum absolute atomic E-state index is 10.9. The van der Waals surface area contributed by atoms with E-state index in [2.05, 4.69) is 32.8 Å². The molecule has 0 amide bonds. The Balaban J connectivity index is 3.20. The van der Waals surface area contributed by atoms with E-state index in [9.17, 15) is 14.9 Å². The first kappa shape index (κ1) is 10.5. The zero-order valence-corrected chi connectivity index (χ0v) is 8.50. The van der Waals surface area contributed by atoms with Crippen molar-refractivity contribution in [3.8, 4) is 11.8 Å². The molecule has 0 saturated heterocycles. The van der Waals surface area contributed by atoms with Gasteiger partial charge in [0.25, 0.3) is 0 Å². The second-order valence-corrected chi connectivity index (χ2v) is 2.86. The van der Waals surface area contributed by atoms with Gasteiger partial charge in [0.2, 0.25) is 0 Å². The first-order valence-corrected chi connectivity index (χ1v) is 4.69. The Morgan fingerprint density at radius 2 is 2.36 bits per heavy atom. The highest BCUT2D eigenvalue weighted by Crippen LogP contribution is 2.04. The second-order valence-electron chi connectivity index (χ2n) is 2.30. The Hall–Kier alpha value is -1.61. The predicted octanol–water partition coefficient (Wildman–Crippen LogP) is 1.03. The fourth-order valence-electron chi connectivity index (χ4n) is 0.815. The fraction of sp³-hybridized carbons (Fsp3) is 0.125. The van der Waals surface area contributed by atoms with Gasteiger partial charge in [-0.05, 0) is 0 Å². The van der Waals surface area contributed by atoms with E-state index in [0.29, 0.717) is 10.9 Å². The van der Waals surface area contributed by atoms with Crippen molar-refractivity contribution >= 4 is 21.6 Å². The van der Waals surface area contributed by atoms with Crippen molar-refractivity contribution in [1.82, 2.24) is 4.98 Å². The average Bonchev–Trinajstić information content (AvgIpc) is 2.16. The number of pyridine rings is 1. The van der Waals surface area contributed by atoms with Crippen LogP contribution in [-0.2, 0) is 0 Å². The number of H-pyrrole nitrogens is 1. The molecule has 0 bridgehead atoms. The highest BCUT2D eigenvalue weighted by Gasteiger charge is 2.11. The number of aromatic amines is 1. The molecule has 0 unspecified atom stereocenters. The molecule has 0 aromatic carbocycles. The second kappa shape index (κ2) is 4.58. The lowest BCUT2D eigenvalue weighted by Gasteiger charge is -1.90. The summed E-state index contributed by atoms with van der Waals surface area (Å²) in [5.74, 6) is 5.32. The number of rotatable bonds is 1. The summed E-state index contributed by atoms with van der Waals surface area (Å²) in [7, 11) is 0. The molecule has 0 aliphatic rings. The first-order valence-electron chi connectivity index (χ1n) is 3.57. The van der Waals surface area contributed by atoms with Crippen molar-refractivity contribution in [1.29, 1.82) is 0 Å². The monoisotopic (exact) mass is 256 g/mol. The van der Waals surface area contributed by atoms with E-state index in [1.165, 1.54) is 6.20 Å². The van der Waals surface area contributed by atoms with Gasteiger partial charge in [-0.3, -0.25) is 14.9 Å². The molecule has 6 heteroatoms.